The minimum Gasteiger partial charge on any atom is -0.481 e. The molecule has 308 valence electrons. The number of hydrogen-bond donors (Lipinski definition) is 2. The van der Waals surface area contributed by atoms with E-state index in [1.165, 1.54) is 16.7 Å². The fourth-order valence-corrected chi connectivity index (χ4v) is 15.0. The Morgan fingerprint density at radius 3 is 2.29 bits per heavy atom. The van der Waals surface area contributed by atoms with Gasteiger partial charge >= 0.3 is 5.97 Å². The maximum atomic E-state index is 14.3. The Kier molecular flexibility index (Phi) is 9.97. The molecule has 1 heterocycles. The van der Waals surface area contributed by atoms with Crippen molar-refractivity contribution < 1.29 is 29.4 Å². The van der Waals surface area contributed by atoms with Crippen LogP contribution >= 0.6 is 0 Å². The van der Waals surface area contributed by atoms with Crippen molar-refractivity contribution in [2.75, 3.05) is 26.2 Å². The second-order valence-corrected chi connectivity index (χ2v) is 21.6. The smallest absolute Gasteiger partial charge is 0.306 e. The fraction of sp³-hybridized carbons (Fsp3) is 0.792. The van der Waals surface area contributed by atoms with Crippen molar-refractivity contribution >= 4 is 23.6 Å². The van der Waals surface area contributed by atoms with Crippen LogP contribution in [0.5, 0.6) is 0 Å². The molecule has 2 amide bonds. The summed E-state index contributed by atoms with van der Waals surface area (Å²) < 4.78 is 0. The lowest BCUT2D eigenvalue weighted by molar-refractivity contribution is -0.202. The van der Waals surface area contributed by atoms with Crippen molar-refractivity contribution in [1.29, 1.82) is 0 Å². The Balaban J connectivity index is 1.09. The van der Waals surface area contributed by atoms with Crippen LogP contribution in [0, 0.1) is 62.6 Å². The number of amides is 2. The number of carboxylic acid groups (broad SMARTS) is 1. The molecule has 7 aliphatic carbocycles. The number of ketones is 1. The highest BCUT2D eigenvalue weighted by Gasteiger charge is 2.70. The number of aliphatic carboxylic acids is 1. The van der Waals surface area contributed by atoms with E-state index in [-0.39, 0.29) is 70.1 Å². The zero-order valence-corrected chi connectivity index (χ0v) is 35.6. The Morgan fingerprint density at radius 2 is 1.66 bits per heavy atom. The predicted octanol–water partition coefficient (Wildman–Crippen LogP) is 8.54. The molecular formula is C48H70N2O6. The van der Waals surface area contributed by atoms with E-state index in [4.69, 9.17) is 0 Å². The molecule has 0 aromatic carbocycles. The van der Waals surface area contributed by atoms with Crippen molar-refractivity contribution in [3.63, 3.8) is 0 Å². The van der Waals surface area contributed by atoms with Crippen LogP contribution in [0.3, 0.4) is 0 Å². The average Bonchev–Trinajstić information content (AvgIpc) is 3.78. The number of likely N-dealkylation sites (tertiary alicyclic amines) is 1. The first-order valence-corrected chi connectivity index (χ1v) is 22.5. The molecule has 0 bridgehead atoms. The van der Waals surface area contributed by atoms with E-state index in [9.17, 15) is 29.4 Å². The third-order valence-corrected chi connectivity index (χ3v) is 18.2. The van der Waals surface area contributed by atoms with Gasteiger partial charge in [-0.1, -0.05) is 66.2 Å². The van der Waals surface area contributed by atoms with E-state index in [1.807, 2.05) is 4.90 Å². The molecule has 1 saturated heterocycles. The second kappa shape index (κ2) is 13.9. The molecule has 0 aromatic rings. The fourth-order valence-electron chi connectivity index (χ4n) is 15.0. The summed E-state index contributed by atoms with van der Waals surface area (Å²) in [5.41, 5.74) is 4.54. The summed E-state index contributed by atoms with van der Waals surface area (Å²) in [4.78, 5) is 55.9. The van der Waals surface area contributed by atoms with Gasteiger partial charge in [0.2, 0.25) is 11.8 Å². The van der Waals surface area contributed by atoms with Crippen molar-refractivity contribution in [3.05, 3.63) is 34.4 Å². The maximum Gasteiger partial charge on any atom is 0.306 e. The number of carbonyl (C=O) groups is 4. The number of hydrogen-bond acceptors (Lipinski definition) is 5. The number of aliphatic hydroxyl groups excluding tert-OH is 1. The Bertz CT molecular complexity index is 1770. The Morgan fingerprint density at radius 1 is 0.911 bits per heavy atom. The van der Waals surface area contributed by atoms with Crippen LogP contribution < -0.4 is 0 Å². The first-order valence-electron chi connectivity index (χ1n) is 22.5. The maximum absolute atomic E-state index is 14.3. The standard InChI is InChI=1S/C48H70N2O6/c1-29(2)41-35(51)25-48(38(52)27-50(26-30-10-11-30)40(54)28-49-24-8-9-39(49)53)23-22-46(6)34(42(41)48)16-17-37-45(5)20-18-33(31-12-14-32(15-13-31)43(55)56)44(3,4)36(45)19-21-47(37,46)7/h12,18,29-30,32,34,36-38,52H,8-11,13-17,19-28H2,1-7H3,(H,55,56)/t32?,34-,36+,37-,38+,45+,46-,47-,48+/m1/s1. The molecule has 0 aromatic heterocycles. The molecule has 2 N–H and O–H groups in total. The van der Waals surface area contributed by atoms with E-state index in [0.717, 1.165) is 82.6 Å². The van der Waals surface area contributed by atoms with Gasteiger partial charge in [0.15, 0.2) is 5.78 Å². The number of carbonyl (C=O) groups excluding carboxylic acids is 3. The minimum atomic E-state index is -0.833. The van der Waals surface area contributed by atoms with Gasteiger partial charge in [0, 0.05) is 37.9 Å². The van der Waals surface area contributed by atoms with Crippen LogP contribution in [0.25, 0.3) is 0 Å². The largest absolute Gasteiger partial charge is 0.481 e. The zero-order chi connectivity index (χ0) is 40.2. The van der Waals surface area contributed by atoms with Crippen molar-refractivity contribution in [2.45, 2.75) is 151 Å². The molecule has 0 spiro atoms. The predicted molar refractivity (Wildman–Crippen MR) is 217 cm³/mol. The lowest BCUT2D eigenvalue weighted by Crippen LogP contribution is -2.65. The number of allylic oxidation sites excluding steroid dienone is 5. The van der Waals surface area contributed by atoms with E-state index >= 15 is 0 Å². The molecule has 1 aliphatic heterocycles. The quantitative estimate of drug-likeness (QED) is 0.230. The summed E-state index contributed by atoms with van der Waals surface area (Å²) >= 11 is 0. The van der Waals surface area contributed by atoms with Crippen LogP contribution in [0.15, 0.2) is 34.4 Å². The monoisotopic (exact) mass is 771 g/mol. The Hall–Kier alpha value is -2.74. The molecule has 9 atom stereocenters. The van der Waals surface area contributed by atoms with Gasteiger partial charge in [0.05, 0.1) is 18.6 Å². The SMILES string of the molecule is CC(C)C1=C2[C@H]3CC[C@@H]4[C@@]5(C)CC=C(C6=CCC(C(=O)O)CC6)C(C)(C)[C@@H]5CC[C@@]4(C)[C@]3(C)CC[C@@]2([C@@H](O)CN(CC2CC2)C(=O)CN2CCCC2=O)CC1=O. The summed E-state index contributed by atoms with van der Waals surface area (Å²) in [6.45, 7) is 18.5. The van der Waals surface area contributed by atoms with Gasteiger partial charge in [-0.05, 0) is 151 Å². The summed E-state index contributed by atoms with van der Waals surface area (Å²) in [5.74, 6) is 1.01. The van der Waals surface area contributed by atoms with Crippen LogP contribution in [-0.4, -0.2) is 75.9 Å². The highest BCUT2D eigenvalue weighted by Crippen LogP contribution is 2.77. The van der Waals surface area contributed by atoms with Gasteiger partial charge in [-0.2, -0.15) is 0 Å². The summed E-state index contributed by atoms with van der Waals surface area (Å²) in [6, 6.07) is 0. The van der Waals surface area contributed by atoms with E-state index in [2.05, 4.69) is 60.6 Å². The third-order valence-electron chi connectivity index (χ3n) is 18.2. The van der Waals surface area contributed by atoms with Crippen LogP contribution in [0.1, 0.15) is 145 Å². The number of nitrogens with zero attached hydrogens (tertiary/aromatic N) is 2. The average molecular weight is 771 g/mol. The number of fused-ring (bicyclic) bond motifs is 7. The highest BCUT2D eigenvalue weighted by atomic mass is 16.4. The van der Waals surface area contributed by atoms with Crippen molar-refractivity contribution in [3.8, 4) is 0 Å². The number of rotatable bonds is 10. The number of Topliss-reactive ketones (excluding diaryl/α,β-unsaturated/α-hetero) is 1. The first kappa shape index (κ1) is 40.1. The molecule has 8 nitrogen and oxygen atoms in total. The van der Waals surface area contributed by atoms with Gasteiger partial charge < -0.3 is 20.0 Å². The van der Waals surface area contributed by atoms with E-state index in [1.54, 1.807) is 4.90 Å². The summed E-state index contributed by atoms with van der Waals surface area (Å²) in [7, 11) is 0. The molecule has 5 fully saturated rings. The van der Waals surface area contributed by atoms with Crippen molar-refractivity contribution in [1.82, 2.24) is 9.80 Å². The molecule has 8 aliphatic rings. The highest BCUT2D eigenvalue weighted by molar-refractivity contribution is 6.01. The van der Waals surface area contributed by atoms with Crippen molar-refractivity contribution in [2.24, 2.45) is 62.6 Å². The Labute approximate surface area is 336 Å². The molecule has 8 rings (SSSR count). The normalized spacial score (nSPS) is 39.7. The van der Waals surface area contributed by atoms with Gasteiger partial charge in [-0.25, -0.2) is 0 Å². The molecular weight excluding hydrogens is 701 g/mol. The van der Waals surface area contributed by atoms with Crippen LogP contribution in [0.4, 0.5) is 0 Å². The topological polar surface area (TPSA) is 115 Å². The minimum absolute atomic E-state index is 0.00312. The number of carboxylic acids is 1. The van der Waals surface area contributed by atoms with Gasteiger partial charge in [-0.15, -0.1) is 0 Å². The van der Waals surface area contributed by atoms with Crippen LogP contribution in [0.2, 0.25) is 0 Å². The zero-order valence-electron chi connectivity index (χ0n) is 35.6. The van der Waals surface area contributed by atoms with Gasteiger partial charge in [-0.3, -0.25) is 19.2 Å². The molecule has 0 radical (unpaired) electrons. The lowest BCUT2D eigenvalue weighted by atomic mass is 9.33. The molecule has 8 heteroatoms. The summed E-state index contributed by atoms with van der Waals surface area (Å²) in [5, 5.41) is 22.3. The van der Waals surface area contributed by atoms with Gasteiger partial charge in [0.25, 0.3) is 0 Å². The summed E-state index contributed by atoms with van der Waals surface area (Å²) in [6.07, 6.45) is 17.2. The van der Waals surface area contributed by atoms with Crippen LogP contribution in [-0.2, 0) is 19.2 Å². The third kappa shape index (κ3) is 6.05. The molecule has 1 unspecified atom stereocenters. The number of aliphatic hydroxyl groups is 1. The van der Waals surface area contributed by atoms with E-state index < -0.39 is 17.5 Å². The molecule has 4 saturated carbocycles. The second-order valence-electron chi connectivity index (χ2n) is 21.6. The molecule has 56 heavy (non-hydrogen) atoms. The first-order chi connectivity index (χ1) is 26.4. The lowest BCUT2D eigenvalue weighted by Gasteiger charge is -2.71. The van der Waals surface area contributed by atoms with E-state index in [0.29, 0.717) is 50.1 Å². The van der Waals surface area contributed by atoms with Gasteiger partial charge in [0.1, 0.15) is 0 Å².